The highest BCUT2D eigenvalue weighted by molar-refractivity contribution is 7.85. The molecule has 3 N–H and O–H groups in total. The Labute approximate surface area is 271 Å². The highest BCUT2D eigenvalue weighted by Crippen LogP contribution is 2.12. The SMILES string of the molecule is CC/C=C\C/C=C\C/C=C\C/C=C\CCCCCCCCCCC(=O)NC(CS(=O)(=O)O)C(O)/C=C/CCCCCCCC. The van der Waals surface area contributed by atoms with Crippen LogP contribution in [0.2, 0.25) is 0 Å². The maximum Gasteiger partial charge on any atom is 0.267 e. The van der Waals surface area contributed by atoms with E-state index in [1.807, 2.05) is 6.08 Å². The average Bonchev–Trinajstić information content (AvgIpc) is 2.98. The van der Waals surface area contributed by atoms with E-state index in [4.69, 9.17) is 0 Å². The van der Waals surface area contributed by atoms with Crippen molar-refractivity contribution in [2.75, 3.05) is 5.75 Å². The van der Waals surface area contributed by atoms with Gasteiger partial charge in [-0.2, -0.15) is 8.42 Å². The molecule has 0 aliphatic heterocycles. The van der Waals surface area contributed by atoms with Crippen molar-refractivity contribution in [3.63, 3.8) is 0 Å². The first-order chi connectivity index (χ1) is 21.3. The molecule has 44 heavy (non-hydrogen) atoms. The molecule has 0 aromatic carbocycles. The van der Waals surface area contributed by atoms with Crippen molar-refractivity contribution in [1.82, 2.24) is 5.32 Å². The third-order valence-electron chi connectivity index (χ3n) is 7.45. The van der Waals surface area contributed by atoms with Gasteiger partial charge >= 0.3 is 0 Å². The average molecular weight is 636 g/mol. The van der Waals surface area contributed by atoms with Gasteiger partial charge in [-0.05, 0) is 57.8 Å². The zero-order valence-electron chi connectivity index (χ0n) is 28.0. The summed E-state index contributed by atoms with van der Waals surface area (Å²) < 4.78 is 32.2. The second-order valence-electron chi connectivity index (χ2n) is 11.8. The highest BCUT2D eigenvalue weighted by Gasteiger charge is 2.24. The van der Waals surface area contributed by atoms with Crippen LogP contribution < -0.4 is 5.32 Å². The second kappa shape index (κ2) is 31.0. The number of allylic oxidation sites excluding steroid dienone is 9. The van der Waals surface area contributed by atoms with Crippen molar-refractivity contribution in [2.24, 2.45) is 0 Å². The molecule has 0 aliphatic carbocycles. The lowest BCUT2D eigenvalue weighted by molar-refractivity contribution is -0.122. The van der Waals surface area contributed by atoms with Gasteiger partial charge in [0.2, 0.25) is 5.91 Å². The van der Waals surface area contributed by atoms with Crippen LogP contribution in [0.1, 0.15) is 149 Å². The molecule has 0 spiro atoms. The van der Waals surface area contributed by atoms with Crippen molar-refractivity contribution in [1.29, 1.82) is 0 Å². The predicted octanol–water partition coefficient (Wildman–Crippen LogP) is 9.73. The van der Waals surface area contributed by atoms with Crippen LogP contribution in [-0.2, 0) is 14.9 Å². The van der Waals surface area contributed by atoms with E-state index in [9.17, 15) is 22.9 Å². The Kier molecular flexibility index (Phi) is 29.7. The Hall–Kier alpha value is -1.96. The number of hydrogen-bond acceptors (Lipinski definition) is 4. The third kappa shape index (κ3) is 31.5. The molecule has 0 bridgehead atoms. The topological polar surface area (TPSA) is 104 Å². The number of hydrogen-bond donors (Lipinski definition) is 3. The number of aliphatic hydroxyl groups excluding tert-OH is 1. The van der Waals surface area contributed by atoms with Crippen LogP contribution in [0.4, 0.5) is 0 Å². The molecule has 7 heteroatoms. The van der Waals surface area contributed by atoms with Gasteiger partial charge in [0.1, 0.15) is 0 Å². The Morgan fingerprint density at radius 3 is 1.61 bits per heavy atom. The molecule has 0 aromatic rings. The molecule has 254 valence electrons. The Morgan fingerprint density at radius 1 is 0.636 bits per heavy atom. The third-order valence-corrected chi connectivity index (χ3v) is 8.23. The number of nitrogens with one attached hydrogen (secondary N) is 1. The van der Waals surface area contributed by atoms with Gasteiger partial charge in [-0.3, -0.25) is 9.35 Å². The number of rotatable bonds is 30. The number of carbonyl (C=O) groups is 1. The number of amides is 1. The first-order valence-corrected chi connectivity index (χ1v) is 19.1. The minimum Gasteiger partial charge on any atom is -0.387 e. The lowest BCUT2D eigenvalue weighted by Gasteiger charge is -2.21. The zero-order valence-corrected chi connectivity index (χ0v) is 28.8. The van der Waals surface area contributed by atoms with Crippen LogP contribution in [0.25, 0.3) is 0 Å². The largest absolute Gasteiger partial charge is 0.387 e. The van der Waals surface area contributed by atoms with Gasteiger partial charge in [0, 0.05) is 6.42 Å². The number of aliphatic hydroxyl groups is 1. The van der Waals surface area contributed by atoms with Crippen LogP contribution in [0.5, 0.6) is 0 Å². The van der Waals surface area contributed by atoms with Crippen molar-refractivity contribution < 1.29 is 22.9 Å². The molecule has 0 saturated heterocycles. The summed E-state index contributed by atoms with van der Waals surface area (Å²) in [4.78, 5) is 12.4. The quantitative estimate of drug-likeness (QED) is 0.0414. The van der Waals surface area contributed by atoms with Gasteiger partial charge in [-0.15, -0.1) is 0 Å². The maximum atomic E-state index is 12.4. The van der Waals surface area contributed by atoms with Crippen LogP contribution >= 0.6 is 0 Å². The van der Waals surface area contributed by atoms with Crippen molar-refractivity contribution in [3.05, 3.63) is 60.8 Å². The molecular formula is C37H65NO5S. The summed E-state index contributed by atoms with van der Waals surface area (Å²) in [5.41, 5.74) is 0. The molecule has 0 saturated carbocycles. The molecule has 0 aliphatic rings. The molecule has 2 atom stereocenters. The van der Waals surface area contributed by atoms with Gasteiger partial charge in [0.05, 0.1) is 17.9 Å². The van der Waals surface area contributed by atoms with Gasteiger partial charge in [-0.25, -0.2) is 0 Å². The minimum atomic E-state index is -4.34. The van der Waals surface area contributed by atoms with E-state index >= 15 is 0 Å². The fourth-order valence-electron chi connectivity index (χ4n) is 4.85. The van der Waals surface area contributed by atoms with Gasteiger partial charge in [0.25, 0.3) is 10.1 Å². The van der Waals surface area contributed by atoms with Gasteiger partial charge in [-0.1, -0.05) is 145 Å². The number of unbranched alkanes of at least 4 members (excludes halogenated alkanes) is 14. The Balaban J connectivity index is 3.93. The molecule has 0 rings (SSSR count). The van der Waals surface area contributed by atoms with Crippen LogP contribution in [0.15, 0.2) is 60.8 Å². The smallest absolute Gasteiger partial charge is 0.267 e. The Morgan fingerprint density at radius 2 is 1.09 bits per heavy atom. The van der Waals surface area contributed by atoms with E-state index in [1.165, 1.54) is 57.4 Å². The fourth-order valence-corrected chi connectivity index (χ4v) is 5.58. The molecule has 0 aromatic heterocycles. The summed E-state index contributed by atoms with van der Waals surface area (Å²) in [6, 6.07) is -1.06. The molecule has 1 amide bonds. The van der Waals surface area contributed by atoms with E-state index in [0.717, 1.165) is 77.0 Å². The van der Waals surface area contributed by atoms with Gasteiger partial charge < -0.3 is 10.4 Å². The molecule has 2 unspecified atom stereocenters. The van der Waals surface area contributed by atoms with E-state index in [1.54, 1.807) is 0 Å². The summed E-state index contributed by atoms with van der Waals surface area (Å²) in [7, 11) is -4.34. The lowest BCUT2D eigenvalue weighted by Crippen LogP contribution is -2.46. The highest BCUT2D eigenvalue weighted by atomic mass is 32.2. The first kappa shape index (κ1) is 42.0. The summed E-state index contributed by atoms with van der Waals surface area (Å²) in [5, 5.41) is 13.1. The van der Waals surface area contributed by atoms with Crippen molar-refractivity contribution in [2.45, 2.75) is 161 Å². The monoisotopic (exact) mass is 635 g/mol. The molecule has 0 fully saturated rings. The minimum absolute atomic E-state index is 0.283. The summed E-state index contributed by atoms with van der Waals surface area (Å²) >= 11 is 0. The molecule has 0 heterocycles. The molecule has 6 nitrogen and oxygen atoms in total. The first-order valence-electron chi connectivity index (χ1n) is 17.5. The predicted molar refractivity (Wildman–Crippen MR) is 188 cm³/mol. The summed E-state index contributed by atoms with van der Waals surface area (Å²) in [6.07, 6.45) is 42.1. The molecule has 0 radical (unpaired) electrons. The lowest BCUT2D eigenvalue weighted by atomic mass is 10.1. The van der Waals surface area contributed by atoms with Crippen molar-refractivity contribution in [3.8, 4) is 0 Å². The van der Waals surface area contributed by atoms with E-state index in [2.05, 4.69) is 67.8 Å². The second-order valence-corrected chi connectivity index (χ2v) is 13.3. The Bertz CT molecular complexity index is 920. The maximum absolute atomic E-state index is 12.4. The summed E-state index contributed by atoms with van der Waals surface area (Å²) in [6.45, 7) is 4.33. The van der Waals surface area contributed by atoms with E-state index in [-0.39, 0.29) is 12.3 Å². The van der Waals surface area contributed by atoms with Crippen molar-refractivity contribution >= 4 is 16.0 Å². The van der Waals surface area contributed by atoms with Gasteiger partial charge in [0.15, 0.2) is 0 Å². The number of carbonyl (C=O) groups excluding carboxylic acids is 1. The van der Waals surface area contributed by atoms with Crippen LogP contribution in [0.3, 0.4) is 0 Å². The zero-order chi connectivity index (χ0) is 32.6. The fraction of sp³-hybridized carbons (Fsp3) is 0.703. The van der Waals surface area contributed by atoms with Crippen LogP contribution in [-0.4, -0.2) is 41.9 Å². The van der Waals surface area contributed by atoms with Crippen LogP contribution in [0, 0.1) is 0 Å². The normalized spacial score (nSPS) is 14.2. The standard InChI is InChI=1S/C37H65NO5S/c1-3-5-7-9-11-13-14-15-16-17-18-19-20-21-22-23-24-25-27-29-31-33-37(40)38-35(34-44(41,42)43)36(39)32-30-28-26-12-10-8-6-4-2/h5,7,11,13,15-16,18-19,30,32,35-36,39H,3-4,6,8-10,12,14,17,20-29,31,33-34H2,1-2H3,(H,38,40)(H,41,42,43)/b7-5-,13-11-,16-15-,19-18-,32-30+. The van der Waals surface area contributed by atoms with E-state index < -0.39 is 28.0 Å². The summed E-state index contributed by atoms with van der Waals surface area (Å²) in [5.74, 6) is -0.998. The molecular weight excluding hydrogens is 570 g/mol. The van der Waals surface area contributed by atoms with E-state index in [0.29, 0.717) is 0 Å².